The largest absolute Gasteiger partial charge is 0.495 e. The summed E-state index contributed by atoms with van der Waals surface area (Å²) in [5, 5.41) is 9.11. The summed E-state index contributed by atoms with van der Waals surface area (Å²) >= 11 is 6.02. The molecule has 0 spiro atoms. The van der Waals surface area contributed by atoms with Crippen molar-refractivity contribution in [1.82, 2.24) is 0 Å². The Morgan fingerprint density at radius 2 is 1.83 bits per heavy atom. The lowest BCUT2D eigenvalue weighted by Crippen LogP contribution is -2.14. The van der Waals surface area contributed by atoms with Crippen LogP contribution in [-0.4, -0.2) is 22.6 Å². The molecule has 0 amide bonds. The Morgan fingerprint density at radius 1 is 1.13 bits per heavy atom. The van der Waals surface area contributed by atoms with Gasteiger partial charge in [0.05, 0.1) is 41.5 Å². The second kappa shape index (κ2) is 6.77. The smallest absolute Gasteiger partial charge is 0.262 e. The van der Waals surface area contributed by atoms with Crippen molar-refractivity contribution < 1.29 is 17.9 Å². The van der Waals surface area contributed by atoms with Gasteiger partial charge >= 0.3 is 0 Å². The van der Waals surface area contributed by atoms with E-state index in [1.807, 2.05) is 6.07 Å². The molecule has 0 saturated heterocycles. The highest BCUT2D eigenvalue weighted by atomic mass is 35.5. The van der Waals surface area contributed by atoms with Crippen molar-refractivity contribution in [2.45, 2.75) is 4.90 Å². The zero-order valence-electron chi connectivity index (χ0n) is 12.3. The molecule has 0 atom stereocenters. The monoisotopic (exact) mass is 352 g/mol. The van der Waals surface area contributed by atoms with E-state index in [-0.39, 0.29) is 26.9 Å². The first-order valence-corrected chi connectivity index (χ1v) is 8.22. The van der Waals surface area contributed by atoms with Gasteiger partial charge in [0.15, 0.2) is 0 Å². The molecule has 2 aromatic carbocycles. The van der Waals surface area contributed by atoms with Gasteiger partial charge in [-0.3, -0.25) is 4.72 Å². The fraction of sp³-hybridized carbons (Fsp3) is 0.133. The number of nitriles is 1. The van der Waals surface area contributed by atoms with E-state index in [0.29, 0.717) is 5.75 Å². The molecule has 0 unspecified atom stereocenters. The van der Waals surface area contributed by atoms with Crippen LogP contribution in [-0.2, 0) is 10.0 Å². The SMILES string of the molecule is COc1cc(OC)c(NS(=O)(=O)c2cccc(C#N)c2)cc1Cl. The number of hydrogen-bond donors (Lipinski definition) is 1. The minimum atomic E-state index is -3.90. The Bertz CT molecular complexity index is 876. The molecule has 23 heavy (non-hydrogen) atoms. The third-order valence-corrected chi connectivity index (χ3v) is 4.65. The molecule has 120 valence electrons. The van der Waals surface area contributed by atoms with Crippen molar-refractivity contribution in [2.24, 2.45) is 0 Å². The van der Waals surface area contributed by atoms with Crippen molar-refractivity contribution >= 4 is 27.3 Å². The fourth-order valence-corrected chi connectivity index (χ4v) is 3.22. The lowest BCUT2D eigenvalue weighted by atomic mass is 10.2. The van der Waals surface area contributed by atoms with Crippen molar-refractivity contribution in [2.75, 3.05) is 18.9 Å². The number of anilines is 1. The third-order valence-electron chi connectivity index (χ3n) is 2.99. The molecule has 0 radical (unpaired) electrons. The molecule has 0 fully saturated rings. The number of benzene rings is 2. The van der Waals surface area contributed by atoms with Gasteiger partial charge in [0.1, 0.15) is 11.5 Å². The molecule has 0 aliphatic heterocycles. The zero-order chi connectivity index (χ0) is 17.0. The second-order valence-corrected chi connectivity index (χ2v) is 6.52. The van der Waals surface area contributed by atoms with Gasteiger partial charge in [0.2, 0.25) is 0 Å². The molecule has 0 aliphatic carbocycles. The highest BCUT2D eigenvalue weighted by Crippen LogP contribution is 2.36. The van der Waals surface area contributed by atoms with Gasteiger partial charge in [0.25, 0.3) is 10.0 Å². The standard InChI is InChI=1S/C15H13ClN2O4S/c1-21-14-8-15(22-2)13(7-12(14)16)18-23(19,20)11-5-3-4-10(6-11)9-17/h3-8,18H,1-2H3. The number of methoxy groups -OCH3 is 2. The van der Waals surface area contributed by atoms with Crippen LogP contribution in [0.3, 0.4) is 0 Å². The van der Waals surface area contributed by atoms with Crippen LogP contribution in [0.5, 0.6) is 11.5 Å². The van der Waals surface area contributed by atoms with Crippen molar-refractivity contribution in [3.63, 3.8) is 0 Å². The first-order valence-electron chi connectivity index (χ1n) is 6.35. The van der Waals surface area contributed by atoms with Crippen molar-refractivity contribution in [3.05, 3.63) is 47.0 Å². The van der Waals surface area contributed by atoms with Crippen molar-refractivity contribution in [3.8, 4) is 17.6 Å². The summed E-state index contributed by atoms with van der Waals surface area (Å²) in [6, 6.07) is 10.4. The summed E-state index contributed by atoms with van der Waals surface area (Å²) in [5.41, 5.74) is 0.410. The molecule has 6 nitrogen and oxygen atoms in total. The Morgan fingerprint density at radius 3 is 2.43 bits per heavy atom. The fourth-order valence-electron chi connectivity index (χ4n) is 1.88. The van der Waals surface area contributed by atoms with Gasteiger partial charge in [-0.25, -0.2) is 8.42 Å². The van der Waals surface area contributed by atoms with E-state index < -0.39 is 10.0 Å². The van der Waals surface area contributed by atoms with E-state index in [4.69, 9.17) is 26.3 Å². The van der Waals surface area contributed by atoms with E-state index in [2.05, 4.69) is 4.72 Å². The van der Waals surface area contributed by atoms with E-state index in [0.717, 1.165) is 0 Å². The Labute approximate surface area is 139 Å². The van der Waals surface area contributed by atoms with Crippen LogP contribution in [0.15, 0.2) is 41.3 Å². The van der Waals surface area contributed by atoms with Gasteiger partial charge in [-0.2, -0.15) is 5.26 Å². The first-order chi connectivity index (χ1) is 10.9. The highest BCUT2D eigenvalue weighted by molar-refractivity contribution is 7.92. The molecule has 2 rings (SSSR count). The van der Waals surface area contributed by atoms with Gasteiger partial charge in [0, 0.05) is 6.07 Å². The van der Waals surface area contributed by atoms with Crippen molar-refractivity contribution in [1.29, 1.82) is 5.26 Å². The molecular weight excluding hydrogens is 340 g/mol. The summed E-state index contributed by atoms with van der Waals surface area (Å²) in [7, 11) is -1.05. The summed E-state index contributed by atoms with van der Waals surface area (Å²) in [5.74, 6) is 0.615. The van der Waals surface area contributed by atoms with Gasteiger partial charge in [-0.15, -0.1) is 0 Å². The van der Waals surface area contributed by atoms with E-state index >= 15 is 0 Å². The zero-order valence-corrected chi connectivity index (χ0v) is 13.9. The number of hydrogen-bond acceptors (Lipinski definition) is 5. The Hall–Kier alpha value is -2.43. The lowest BCUT2D eigenvalue weighted by molar-refractivity contribution is 0.396. The molecule has 2 aromatic rings. The Balaban J connectivity index is 2.45. The van der Waals surface area contributed by atoms with Gasteiger partial charge in [-0.1, -0.05) is 17.7 Å². The molecule has 8 heteroatoms. The van der Waals surface area contributed by atoms with Crippen LogP contribution >= 0.6 is 11.6 Å². The lowest BCUT2D eigenvalue weighted by Gasteiger charge is -2.14. The highest BCUT2D eigenvalue weighted by Gasteiger charge is 2.19. The normalized spacial score (nSPS) is 10.7. The Kier molecular flexibility index (Phi) is 4.98. The molecular formula is C15H13ClN2O4S. The van der Waals surface area contributed by atoms with Crippen LogP contribution in [0, 0.1) is 11.3 Å². The predicted molar refractivity (Wildman–Crippen MR) is 86.5 cm³/mol. The molecule has 1 N–H and O–H groups in total. The van der Waals surface area contributed by atoms with E-state index in [1.54, 1.807) is 0 Å². The number of halogens is 1. The van der Waals surface area contributed by atoms with Crippen LogP contribution < -0.4 is 14.2 Å². The summed E-state index contributed by atoms with van der Waals surface area (Å²) < 4.78 is 37.5. The maximum Gasteiger partial charge on any atom is 0.262 e. The average Bonchev–Trinajstić information content (AvgIpc) is 2.55. The van der Waals surface area contributed by atoms with E-state index in [9.17, 15) is 8.42 Å². The topological polar surface area (TPSA) is 88.4 Å². The number of sulfonamides is 1. The average molecular weight is 353 g/mol. The summed E-state index contributed by atoms with van der Waals surface area (Å²) in [6.07, 6.45) is 0. The first kappa shape index (κ1) is 16.9. The number of nitrogens with zero attached hydrogens (tertiary/aromatic N) is 1. The predicted octanol–water partition coefficient (Wildman–Crippen LogP) is 3.03. The minimum absolute atomic E-state index is 0.0365. The quantitative estimate of drug-likeness (QED) is 0.893. The molecule has 0 saturated carbocycles. The number of ether oxygens (including phenoxy) is 2. The molecule has 0 heterocycles. The van der Waals surface area contributed by atoms with Crippen LogP contribution in [0.1, 0.15) is 5.56 Å². The maximum atomic E-state index is 12.5. The number of rotatable bonds is 5. The van der Waals surface area contributed by atoms with Crippen LogP contribution in [0.4, 0.5) is 5.69 Å². The summed E-state index contributed by atoms with van der Waals surface area (Å²) in [4.78, 5) is -0.0365. The molecule has 0 aromatic heterocycles. The maximum absolute atomic E-state index is 12.5. The molecule has 0 aliphatic rings. The van der Waals surface area contributed by atoms with Crippen LogP contribution in [0.2, 0.25) is 5.02 Å². The van der Waals surface area contributed by atoms with Crippen LogP contribution in [0.25, 0.3) is 0 Å². The third kappa shape index (κ3) is 3.67. The number of nitrogens with one attached hydrogen (secondary N) is 1. The molecule has 0 bridgehead atoms. The van der Waals surface area contributed by atoms with E-state index in [1.165, 1.54) is 50.6 Å². The summed E-state index contributed by atoms with van der Waals surface area (Å²) in [6.45, 7) is 0. The van der Waals surface area contributed by atoms with Gasteiger partial charge in [-0.05, 0) is 24.3 Å². The second-order valence-electron chi connectivity index (χ2n) is 4.43. The minimum Gasteiger partial charge on any atom is -0.495 e. The van der Waals surface area contributed by atoms with Gasteiger partial charge < -0.3 is 9.47 Å².